The molecular formula is C12H14ClN3O. The van der Waals surface area contributed by atoms with Gasteiger partial charge < -0.3 is 10.5 Å². The molecule has 4 nitrogen and oxygen atoms in total. The number of nitrogens with two attached hydrogens (primary N) is 1. The van der Waals surface area contributed by atoms with Crippen LogP contribution >= 0.6 is 11.6 Å². The van der Waals surface area contributed by atoms with Gasteiger partial charge in [-0.15, -0.1) is 0 Å². The number of hydrogen-bond acceptors (Lipinski definition) is 3. The Kier molecular flexibility index (Phi) is 4.01. The van der Waals surface area contributed by atoms with Gasteiger partial charge in [0.25, 0.3) is 0 Å². The lowest BCUT2D eigenvalue weighted by atomic mass is 10.2. The zero-order chi connectivity index (χ0) is 12.1. The Morgan fingerprint density at radius 2 is 2.24 bits per heavy atom. The Balaban J connectivity index is 1.73. The minimum Gasteiger partial charge on any atom is -0.382 e. The molecular weight excluding hydrogens is 238 g/mol. The maximum Gasteiger partial charge on any atom is 0.145 e. The maximum atomic E-state index is 5.87. The normalized spacial score (nSPS) is 10.6. The highest BCUT2D eigenvalue weighted by Gasteiger charge is 1.96. The van der Waals surface area contributed by atoms with E-state index in [1.54, 1.807) is 10.7 Å². The highest BCUT2D eigenvalue weighted by atomic mass is 35.5. The first-order valence-electron chi connectivity index (χ1n) is 5.35. The van der Waals surface area contributed by atoms with Crippen LogP contribution in [0.15, 0.2) is 36.5 Å². The molecule has 90 valence electrons. The van der Waals surface area contributed by atoms with Gasteiger partial charge in [0.05, 0.1) is 19.8 Å². The molecule has 0 saturated carbocycles. The predicted molar refractivity (Wildman–Crippen MR) is 67.7 cm³/mol. The first-order valence-corrected chi connectivity index (χ1v) is 5.73. The Bertz CT molecular complexity index is 484. The third-order valence-corrected chi connectivity index (χ3v) is 2.52. The fourth-order valence-corrected chi connectivity index (χ4v) is 1.69. The van der Waals surface area contributed by atoms with Crippen LogP contribution in [0.1, 0.15) is 5.56 Å². The number of ether oxygens (including phenoxy) is 1. The lowest BCUT2D eigenvalue weighted by molar-refractivity contribution is 0.111. The van der Waals surface area contributed by atoms with Gasteiger partial charge in [0, 0.05) is 11.2 Å². The molecule has 0 spiro atoms. The van der Waals surface area contributed by atoms with Crippen LogP contribution < -0.4 is 5.73 Å². The molecule has 2 N–H and O–H groups in total. The van der Waals surface area contributed by atoms with Gasteiger partial charge >= 0.3 is 0 Å². The molecule has 0 radical (unpaired) electrons. The molecule has 0 unspecified atom stereocenters. The number of halogens is 1. The molecule has 5 heteroatoms. The second kappa shape index (κ2) is 5.70. The van der Waals surface area contributed by atoms with Gasteiger partial charge in [-0.05, 0) is 23.8 Å². The second-order valence-corrected chi connectivity index (χ2v) is 4.12. The van der Waals surface area contributed by atoms with Crippen molar-refractivity contribution in [2.24, 2.45) is 0 Å². The summed E-state index contributed by atoms with van der Waals surface area (Å²) in [6.45, 7) is 1.84. The maximum absolute atomic E-state index is 5.87. The lowest BCUT2D eigenvalue weighted by Gasteiger charge is -2.05. The summed E-state index contributed by atoms with van der Waals surface area (Å²) < 4.78 is 7.28. The van der Waals surface area contributed by atoms with E-state index in [0.29, 0.717) is 25.6 Å². The van der Waals surface area contributed by atoms with Gasteiger partial charge in [0.15, 0.2) is 0 Å². The molecule has 0 saturated heterocycles. The summed E-state index contributed by atoms with van der Waals surface area (Å²) in [5, 5.41) is 4.79. The predicted octanol–water partition coefficient (Wildman–Crippen LogP) is 2.34. The number of nitrogens with zero attached hydrogens (tertiary/aromatic N) is 2. The third-order valence-electron chi connectivity index (χ3n) is 2.28. The summed E-state index contributed by atoms with van der Waals surface area (Å²) in [5.74, 6) is 0.528. The van der Waals surface area contributed by atoms with Crippen LogP contribution in [0.3, 0.4) is 0 Å². The molecule has 0 amide bonds. The molecule has 0 aliphatic heterocycles. The van der Waals surface area contributed by atoms with Gasteiger partial charge in [-0.3, -0.25) is 4.68 Å². The largest absolute Gasteiger partial charge is 0.382 e. The molecule has 0 aliphatic rings. The number of anilines is 1. The third kappa shape index (κ3) is 3.76. The molecule has 1 aromatic carbocycles. The van der Waals surface area contributed by atoms with Crippen molar-refractivity contribution in [2.75, 3.05) is 12.3 Å². The van der Waals surface area contributed by atoms with E-state index in [4.69, 9.17) is 22.1 Å². The van der Waals surface area contributed by atoms with E-state index in [0.717, 1.165) is 10.6 Å². The SMILES string of the molecule is Nc1ccn(CCOCc2cccc(Cl)c2)n1. The molecule has 0 atom stereocenters. The van der Waals surface area contributed by atoms with Crippen LogP contribution in [0.4, 0.5) is 5.82 Å². The Morgan fingerprint density at radius 1 is 1.35 bits per heavy atom. The highest BCUT2D eigenvalue weighted by Crippen LogP contribution is 2.11. The van der Waals surface area contributed by atoms with Crippen LogP contribution in [0, 0.1) is 0 Å². The number of aromatic nitrogens is 2. The zero-order valence-corrected chi connectivity index (χ0v) is 10.1. The van der Waals surface area contributed by atoms with Crippen LogP contribution in [0.5, 0.6) is 0 Å². The number of hydrogen-bond donors (Lipinski definition) is 1. The topological polar surface area (TPSA) is 53.1 Å². The van der Waals surface area contributed by atoms with Crippen molar-refractivity contribution >= 4 is 17.4 Å². The molecule has 0 aliphatic carbocycles. The first-order chi connectivity index (χ1) is 8.24. The fraction of sp³-hybridized carbons (Fsp3) is 0.250. The molecule has 0 fully saturated rings. The summed E-state index contributed by atoms with van der Waals surface area (Å²) in [5.41, 5.74) is 6.57. The monoisotopic (exact) mass is 251 g/mol. The molecule has 17 heavy (non-hydrogen) atoms. The summed E-state index contributed by atoms with van der Waals surface area (Å²) in [7, 11) is 0. The van der Waals surface area contributed by atoms with Gasteiger partial charge in [0.2, 0.25) is 0 Å². The Morgan fingerprint density at radius 3 is 2.94 bits per heavy atom. The summed E-state index contributed by atoms with van der Waals surface area (Å²) in [6, 6.07) is 9.40. The summed E-state index contributed by atoms with van der Waals surface area (Å²) in [6.07, 6.45) is 1.83. The van der Waals surface area contributed by atoms with Crippen molar-refractivity contribution in [3.05, 3.63) is 47.1 Å². The minimum absolute atomic E-state index is 0.528. The van der Waals surface area contributed by atoms with Crippen molar-refractivity contribution in [1.29, 1.82) is 0 Å². The van der Waals surface area contributed by atoms with Gasteiger partial charge in [-0.1, -0.05) is 23.7 Å². The Labute approximate surface area is 105 Å². The van der Waals surface area contributed by atoms with Gasteiger partial charge in [0.1, 0.15) is 5.82 Å². The van der Waals surface area contributed by atoms with Gasteiger partial charge in [-0.2, -0.15) is 5.10 Å². The minimum atomic E-state index is 0.528. The van der Waals surface area contributed by atoms with Crippen molar-refractivity contribution in [2.45, 2.75) is 13.2 Å². The highest BCUT2D eigenvalue weighted by molar-refractivity contribution is 6.30. The standard InChI is InChI=1S/C12H14ClN3O/c13-11-3-1-2-10(8-11)9-17-7-6-16-5-4-12(14)15-16/h1-5,8H,6-7,9H2,(H2,14,15). The number of rotatable bonds is 5. The number of benzene rings is 1. The summed E-state index contributed by atoms with van der Waals surface area (Å²) in [4.78, 5) is 0. The average Bonchev–Trinajstić information content (AvgIpc) is 2.71. The fourth-order valence-electron chi connectivity index (χ4n) is 1.48. The van der Waals surface area contributed by atoms with Gasteiger partial charge in [-0.25, -0.2) is 0 Å². The molecule has 2 rings (SSSR count). The van der Waals surface area contributed by atoms with E-state index in [1.165, 1.54) is 0 Å². The van der Waals surface area contributed by atoms with Crippen LogP contribution in [-0.2, 0) is 17.9 Å². The van der Waals surface area contributed by atoms with Crippen LogP contribution in [0.2, 0.25) is 5.02 Å². The van der Waals surface area contributed by atoms with Crippen LogP contribution in [0.25, 0.3) is 0 Å². The number of nitrogen functional groups attached to an aromatic ring is 1. The van der Waals surface area contributed by atoms with E-state index < -0.39 is 0 Å². The van der Waals surface area contributed by atoms with Crippen LogP contribution in [-0.4, -0.2) is 16.4 Å². The lowest BCUT2D eigenvalue weighted by Crippen LogP contribution is -2.07. The quantitative estimate of drug-likeness (QED) is 0.830. The van der Waals surface area contributed by atoms with E-state index in [2.05, 4.69) is 5.10 Å². The van der Waals surface area contributed by atoms with Crippen molar-refractivity contribution in [1.82, 2.24) is 9.78 Å². The first kappa shape index (κ1) is 12.0. The summed E-state index contributed by atoms with van der Waals surface area (Å²) >= 11 is 5.87. The zero-order valence-electron chi connectivity index (χ0n) is 9.34. The second-order valence-electron chi connectivity index (χ2n) is 3.69. The Hall–Kier alpha value is -1.52. The van der Waals surface area contributed by atoms with E-state index >= 15 is 0 Å². The van der Waals surface area contributed by atoms with E-state index in [9.17, 15) is 0 Å². The van der Waals surface area contributed by atoms with E-state index in [-0.39, 0.29) is 0 Å². The molecule has 1 heterocycles. The average molecular weight is 252 g/mol. The van der Waals surface area contributed by atoms with Crippen molar-refractivity contribution < 1.29 is 4.74 Å². The van der Waals surface area contributed by atoms with Crippen molar-refractivity contribution in [3.63, 3.8) is 0 Å². The van der Waals surface area contributed by atoms with E-state index in [1.807, 2.05) is 30.5 Å². The molecule has 1 aromatic heterocycles. The molecule has 0 bridgehead atoms. The van der Waals surface area contributed by atoms with Crippen molar-refractivity contribution in [3.8, 4) is 0 Å². The molecule has 2 aromatic rings. The smallest absolute Gasteiger partial charge is 0.145 e.